The van der Waals surface area contributed by atoms with Gasteiger partial charge in [0.15, 0.2) is 17.5 Å². The van der Waals surface area contributed by atoms with Crippen molar-refractivity contribution in [3.63, 3.8) is 0 Å². The molecule has 0 fully saturated rings. The molecule has 160 valence electrons. The van der Waals surface area contributed by atoms with Crippen LogP contribution in [0.3, 0.4) is 0 Å². The van der Waals surface area contributed by atoms with Gasteiger partial charge in [-0.05, 0) is 26.2 Å². The number of aromatic nitrogens is 4. The zero-order valence-corrected chi connectivity index (χ0v) is 18.4. The molecule has 1 aliphatic heterocycles. The van der Waals surface area contributed by atoms with Crippen LogP contribution in [0, 0.1) is 0 Å². The molecule has 1 atom stereocenters. The van der Waals surface area contributed by atoms with Crippen molar-refractivity contribution < 1.29 is 4.52 Å². The number of nitrogens with one attached hydrogen (secondary N) is 2. The van der Waals surface area contributed by atoms with Gasteiger partial charge < -0.3 is 15.2 Å². The number of rotatable bonds is 8. The molecule has 0 radical (unpaired) electrons. The summed E-state index contributed by atoms with van der Waals surface area (Å²) in [5, 5.41) is 15.8. The lowest BCUT2D eigenvalue weighted by molar-refractivity contribution is 0.371. The van der Waals surface area contributed by atoms with Crippen LogP contribution in [0.25, 0.3) is 0 Å². The Morgan fingerprint density at radius 1 is 1.31 bits per heavy atom. The summed E-state index contributed by atoms with van der Waals surface area (Å²) >= 11 is 0. The quantitative estimate of drug-likeness (QED) is 0.520. The molecule has 8 heteroatoms. The smallest absolute Gasteiger partial charge is 0.191 e. The number of aryl methyl sites for hydroxylation is 1. The Balaban J connectivity index is 1.62. The van der Waals surface area contributed by atoms with Crippen LogP contribution in [0.15, 0.2) is 15.6 Å². The van der Waals surface area contributed by atoms with Gasteiger partial charge in [-0.1, -0.05) is 32.9 Å². The minimum atomic E-state index is 0.275. The standard InChI is InChI=1S/C21H35N7O/c1-6-15(7-2)18-11-17(29-27-18)12-23-21(22-8-3)24-16-9-10-19-25-20(14(4)5)26-28(19)13-16/h11,14-16H,6-10,12-13H2,1-5H3,(H2,22,23,24). The van der Waals surface area contributed by atoms with Crippen molar-refractivity contribution in [2.45, 2.75) is 91.3 Å². The summed E-state index contributed by atoms with van der Waals surface area (Å²) in [7, 11) is 0. The Labute approximate surface area is 173 Å². The van der Waals surface area contributed by atoms with Crippen molar-refractivity contribution in [3.05, 3.63) is 29.2 Å². The summed E-state index contributed by atoms with van der Waals surface area (Å²) in [5.74, 6) is 4.42. The van der Waals surface area contributed by atoms with Crippen molar-refractivity contribution in [2.75, 3.05) is 6.54 Å². The highest BCUT2D eigenvalue weighted by molar-refractivity contribution is 5.80. The Kier molecular flexibility index (Phi) is 7.28. The van der Waals surface area contributed by atoms with Crippen molar-refractivity contribution >= 4 is 5.96 Å². The van der Waals surface area contributed by atoms with Crippen LogP contribution in [-0.4, -0.2) is 38.5 Å². The summed E-state index contributed by atoms with van der Waals surface area (Å²) in [6.07, 6.45) is 4.08. The summed E-state index contributed by atoms with van der Waals surface area (Å²) in [5.41, 5.74) is 1.03. The maximum absolute atomic E-state index is 5.50. The molecule has 8 nitrogen and oxygen atoms in total. The average Bonchev–Trinajstić information content (AvgIpc) is 3.34. The second-order valence-electron chi connectivity index (χ2n) is 8.03. The first-order valence-corrected chi connectivity index (χ1v) is 11.0. The van der Waals surface area contributed by atoms with Crippen LogP contribution in [0.5, 0.6) is 0 Å². The van der Waals surface area contributed by atoms with Gasteiger partial charge in [0.1, 0.15) is 12.4 Å². The summed E-state index contributed by atoms with van der Waals surface area (Å²) < 4.78 is 7.54. The molecule has 3 rings (SSSR count). The predicted octanol–water partition coefficient (Wildman–Crippen LogP) is 3.36. The van der Waals surface area contributed by atoms with Crippen LogP contribution >= 0.6 is 0 Å². The van der Waals surface area contributed by atoms with E-state index in [1.165, 1.54) is 0 Å². The number of hydrogen-bond acceptors (Lipinski definition) is 5. The van der Waals surface area contributed by atoms with Crippen LogP contribution in [0.4, 0.5) is 0 Å². The highest BCUT2D eigenvalue weighted by Crippen LogP contribution is 2.22. The monoisotopic (exact) mass is 401 g/mol. The summed E-state index contributed by atoms with van der Waals surface area (Å²) in [6.45, 7) is 12.8. The van der Waals surface area contributed by atoms with Gasteiger partial charge in [-0.2, -0.15) is 5.10 Å². The maximum atomic E-state index is 5.50. The number of hydrogen-bond donors (Lipinski definition) is 2. The predicted molar refractivity (Wildman–Crippen MR) is 114 cm³/mol. The van der Waals surface area contributed by atoms with Gasteiger partial charge in [0.2, 0.25) is 0 Å². The Morgan fingerprint density at radius 3 is 2.79 bits per heavy atom. The fourth-order valence-electron chi connectivity index (χ4n) is 3.66. The van der Waals surface area contributed by atoms with Gasteiger partial charge in [0, 0.05) is 36.9 Å². The lowest BCUT2D eigenvalue weighted by atomic mass is 9.99. The molecule has 0 aromatic carbocycles. The molecule has 1 aliphatic rings. The van der Waals surface area contributed by atoms with Crippen molar-refractivity contribution in [2.24, 2.45) is 4.99 Å². The van der Waals surface area contributed by atoms with E-state index >= 15 is 0 Å². The molecule has 0 saturated carbocycles. The molecule has 29 heavy (non-hydrogen) atoms. The molecule has 0 spiro atoms. The first-order valence-electron chi connectivity index (χ1n) is 11.0. The van der Waals surface area contributed by atoms with Gasteiger partial charge in [-0.25, -0.2) is 14.7 Å². The molecule has 1 unspecified atom stereocenters. The first-order chi connectivity index (χ1) is 14.0. The van der Waals surface area contributed by atoms with E-state index in [2.05, 4.69) is 60.5 Å². The SMILES string of the molecule is CCNC(=NCc1cc(C(CC)CC)no1)NC1CCc2nc(C(C)C)nn2C1. The molecule has 2 N–H and O–H groups in total. The maximum Gasteiger partial charge on any atom is 0.191 e. The average molecular weight is 402 g/mol. The molecule has 2 aromatic rings. The van der Waals surface area contributed by atoms with Gasteiger partial charge in [-0.15, -0.1) is 0 Å². The minimum absolute atomic E-state index is 0.275. The van der Waals surface area contributed by atoms with Gasteiger partial charge in [0.25, 0.3) is 0 Å². The third-order valence-electron chi connectivity index (χ3n) is 5.45. The largest absolute Gasteiger partial charge is 0.359 e. The molecular formula is C21H35N7O. The van der Waals surface area contributed by atoms with E-state index in [1.54, 1.807) is 0 Å². The zero-order chi connectivity index (χ0) is 20.8. The number of fused-ring (bicyclic) bond motifs is 1. The minimum Gasteiger partial charge on any atom is -0.359 e. The molecule has 0 bridgehead atoms. The fraction of sp³-hybridized carbons (Fsp3) is 0.714. The van der Waals surface area contributed by atoms with Crippen LogP contribution in [0.1, 0.15) is 88.8 Å². The van der Waals surface area contributed by atoms with Gasteiger partial charge in [0.05, 0.1) is 12.2 Å². The van der Waals surface area contributed by atoms with Crippen molar-refractivity contribution in [1.29, 1.82) is 0 Å². The Morgan fingerprint density at radius 2 is 2.10 bits per heavy atom. The van der Waals surface area contributed by atoms with Crippen LogP contribution < -0.4 is 10.6 Å². The normalized spacial score (nSPS) is 17.1. The molecule has 2 aromatic heterocycles. The zero-order valence-electron chi connectivity index (χ0n) is 18.4. The van der Waals surface area contributed by atoms with E-state index in [1.807, 2.05) is 10.7 Å². The van der Waals surface area contributed by atoms with E-state index < -0.39 is 0 Å². The van der Waals surface area contributed by atoms with Gasteiger partial charge >= 0.3 is 0 Å². The number of guanidine groups is 1. The fourth-order valence-corrected chi connectivity index (χ4v) is 3.66. The van der Waals surface area contributed by atoms with E-state index in [9.17, 15) is 0 Å². The van der Waals surface area contributed by atoms with Crippen molar-refractivity contribution in [1.82, 2.24) is 30.6 Å². The molecular weight excluding hydrogens is 366 g/mol. The molecule has 0 saturated heterocycles. The number of aliphatic imine (C=N–C) groups is 1. The number of nitrogens with zero attached hydrogens (tertiary/aromatic N) is 5. The third kappa shape index (κ3) is 5.36. The van der Waals surface area contributed by atoms with E-state index in [0.29, 0.717) is 18.4 Å². The summed E-state index contributed by atoms with van der Waals surface area (Å²) in [6, 6.07) is 2.32. The second kappa shape index (κ2) is 9.89. The molecule has 0 amide bonds. The van der Waals surface area contributed by atoms with E-state index in [0.717, 1.165) is 67.8 Å². The van der Waals surface area contributed by atoms with Crippen LogP contribution in [-0.2, 0) is 19.5 Å². The van der Waals surface area contributed by atoms with Gasteiger partial charge in [-0.3, -0.25) is 0 Å². The Hall–Kier alpha value is -2.38. The second-order valence-corrected chi connectivity index (χ2v) is 8.03. The lowest BCUT2D eigenvalue weighted by Crippen LogP contribution is -2.47. The molecule has 0 aliphatic carbocycles. The molecule has 3 heterocycles. The highest BCUT2D eigenvalue weighted by atomic mass is 16.5. The lowest BCUT2D eigenvalue weighted by Gasteiger charge is -2.25. The van der Waals surface area contributed by atoms with E-state index in [4.69, 9.17) is 9.52 Å². The third-order valence-corrected chi connectivity index (χ3v) is 5.45. The summed E-state index contributed by atoms with van der Waals surface area (Å²) in [4.78, 5) is 9.37. The highest BCUT2D eigenvalue weighted by Gasteiger charge is 2.23. The first kappa shape index (κ1) is 21.3. The van der Waals surface area contributed by atoms with E-state index in [-0.39, 0.29) is 6.04 Å². The topological polar surface area (TPSA) is 93.2 Å². The van der Waals surface area contributed by atoms with Crippen LogP contribution in [0.2, 0.25) is 0 Å². The van der Waals surface area contributed by atoms with Crippen molar-refractivity contribution in [3.8, 4) is 0 Å². The Bertz CT molecular complexity index is 804.